The third-order valence-electron chi connectivity index (χ3n) is 7.07. The molecule has 0 bridgehead atoms. The van der Waals surface area contributed by atoms with Crippen molar-refractivity contribution in [3.63, 3.8) is 0 Å². The average molecular weight is 509 g/mol. The van der Waals surface area contributed by atoms with Crippen LogP contribution in [0.2, 0.25) is 0 Å². The van der Waals surface area contributed by atoms with Gasteiger partial charge in [0.05, 0.1) is 30.1 Å². The monoisotopic (exact) mass is 508 g/mol. The first-order valence-corrected chi connectivity index (χ1v) is 13.6. The Labute approximate surface area is 220 Å². The first-order valence-electron chi connectivity index (χ1n) is 12.8. The van der Waals surface area contributed by atoms with Gasteiger partial charge in [-0.15, -0.1) is 11.3 Å². The predicted molar refractivity (Wildman–Crippen MR) is 145 cm³/mol. The van der Waals surface area contributed by atoms with Crippen LogP contribution >= 0.6 is 11.3 Å². The molecule has 2 heterocycles. The van der Waals surface area contributed by atoms with Gasteiger partial charge in [0.1, 0.15) is 0 Å². The maximum atomic E-state index is 13.0. The molecular weight excluding hydrogens is 480 g/mol. The fraction of sp³-hybridized carbons (Fsp3) is 0.310. The molecule has 2 N–H and O–H groups in total. The summed E-state index contributed by atoms with van der Waals surface area (Å²) in [7, 11) is 0. The fourth-order valence-electron chi connectivity index (χ4n) is 4.76. The van der Waals surface area contributed by atoms with E-state index in [2.05, 4.69) is 21.8 Å². The first-order chi connectivity index (χ1) is 18.1. The van der Waals surface area contributed by atoms with E-state index in [-0.39, 0.29) is 5.91 Å². The molecular formula is C29H28N6OS. The molecule has 7 nitrogen and oxygen atoms in total. The van der Waals surface area contributed by atoms with E-state index in [4.69, 9.17) is 10.2 Å². The van der Waals surface area contributed by atoms with Crippen molar-refractivity contribution in [3.8, 4) is 17.2 Å². The van der Waals surface area contributed by atoms with Crippen molar-refractivity contribution < 1.29 is 4.79 Å². The van der Waals surface area contributed by atoms with E-state index in [1.807, 2.05) is 53.5 Å². The molecule has 1 unspecified atom stereocenters. The lowest BCUT2D eigenvalue weighted by atomic mass is 9.97. The summed E-state index contributed by atoms with van der Waals surface area (Å²) in [5, 5.41) is 20.9. The number of thiazole rings is 1. The minimum absolute atomic E-state index is 0.143. The molecule has 0 saturated heterocycles. The van der Waals surface area contributed by atoms with Crippen LogP contribution in [0.15, 0.2) is 60.9 Å². The second kappa shape index (κ2) is 10.3. The summed E-state index contributed by atoms with van der Waals surface area (Å²) in [5.74, 6) is 0.737. The highest BCUT2D eigenvalue weighted by molar-refractivity contribution is 7.15. The molecule has 2 aliphatic rings. The van der Waals surface area contributed by atoms with Crippen molar-refractivity contribution in [2.24, 2.45) is 5.92 Å². The number of aryl methyl sites for hydroxylation is 1. The SMILES string of the molecule is N#Cc1ccc(-c2cnn(Cc3cccc(C(=O)Nc4nc5c(s4)CC(NCC4CC4)CC5)c3)c2)cc1. The van der Waals surface area contributed by atoms with Gasteiger partial charge in [-0.2, -0.15) is 10.4 Å². The Morgan fingerprint density at radius 1 is 1.14 bits per heavy atom. The normalized spacial score (nSPS) is 16.7. The van der Waals surface area contributed by atoms with Gasteiger partial charge in [0.15, 0.2) is 5.13 Å². The summed E-state index contributed by atoms with van der Waals surface area (Å²) in [4.78, 5) is 19.0. The third-order valence-corrected chi connectivity index (χ3v) is 8.10. The van der Waals surface area contributed by atoms with E-state index in [9.17, 15) is 4.79 Å². The van der Waals surface area contributed by atoms with Crippen LogP contribution in [0.5, 0.6) is 0 Å². The predicted octanol–water partition coefficient (Wildman–Crippen LogP) is 5.04. The van der Waals surface area contributed by atoms with Gasteiger partial charge in [-0.1, -0.05) is 24.3 Å². The molecule has 2 aromatic carbocycles. The molecule has 0 spiro atoms. The molecule has 1 saturated carbocycles. The number of carbonyl (C=O) groups excluding carboxylic acids is 1. The number of amides is 1. The molecule has 6 rings (SSSR count). The van der Waals surface area contributed by atoms with Gasteiger partial charge in [-0.05, 0) is 80.0 Å². The van der Waals surface area contributed by atoms with Crippen LogP contribution in [0.3, 0.4) is 0 Å². The minimum Gasteiger partial charge on any atom is -0.313 e. The Morgan fingerprint density at radius 3 is 2.81 bits per heavy atom. The quantitative estimate of drug-likeness (QED) is 0.348. The highest BCUT2D eigenvalue weighted by atomic mass is 32.1. The molecule has 2 aromatic heterocycles. The molecule has 1 atom stereocenters. The molecule has 0 aliphatic heterocycles. The lowest BCUT2D eigenvalue weighted by Gasteiger charge is -2.22. The third kappa shape index (κ3) is 5.63. The number of nitrogens with one attached hydrogen (secondary N) is 2. The largest absolute Gasteiger partial charge is 0.313 e. The molecule has 4 aromatic rings. The van der Waals surface area contributed by atoms with Gasteiger partial charge in [0.25, 0.3) is 5.91 Å². The van der Waals surface area contributed by atoms with Crippen molar-refractivity contribution in [1.29, 1.82) is 5.26 Å². The van der Waals surface area contributed by atoms with Gasteiger partial charge < -0.3 is 5.32 Å². The van der Waals surface area contributed by atoms with E-state index < -0.39 is 0 Å². The number of nitrogens with zero attached hydrogens (tertiary/aromatic N) is 4. The summed E-state index contributed by atoms with van der Waals surface area (Å²) in [6.07, 6.45) is 9.59. The molecule has 1 fully saturated rings. The zero-order valence-electron chi connectivity index (χ0n) is 20.5. The van der Waals surface area contributed by atoms with E-state index in [1.54, 1.807) is 23.5 Å². The summed E-state index contributed by atoms with van der Waals surface area (Å²) >= 11 is 1.61. The molecule has 2 aliphatic carbocycles. The van der Waals surface area contributed by atoms with Crippen LogP contribution in [0.25, 0.3) is 11.1 Å². The Balaban J connectivity index is 1.08. The molecule has 8 heteroatoms. The summed E-state index contributed by atoms with van der Waals surface area (Å²) in [6.45, 7) is 1.69. The van der Waals surface area contributed by atoms with E-state index in [1.165, 1.54) is 17.7 Å². The number of fused-ring (bicyclic) bond motifs is 1. The number of nitriles is 1. The van der Waals surface area contributed by atoms with Crippen molar-refractivity contribution in [1.82, 2.24) is 20.1 Å². The van der Waals surface area contributed by atoms with Gasteiger partial charge in [0.2, 0.25) is 0 Å². The standard InChI is InChI=1S/C29H28N6OS/c30-14-19-6-8-22(9-7-19)24-16-32-35(18-24)17-21-2-1-3-23(12-21)28(36)34-29-33-26-11-10-25(13-27(26)37-29)31-15-20-4-5-20/h1-3,6-9,12,16,18,20,25,31H,4-5,10-11,13,15,17H2,(H,33,34,36). The number of carbonyl (C=O) groups is 1. The number of hydrogen-bond donors (Lipinski definition) is 2. The lowest BCUT2D eigenvalue weighted by molar-refractivity contribution is 0.102. The van der Waals surface area contributed by atoms with Crippen molar-refractivity contribution in [2.75, 3.05) is 11.9 Å². The van der Waals surface area contributed by atoms with Crippen molar-refractivity contribution >= 4 is 22.4 Å². The van der Waals surface area contributed by atoms with E-state index >= 15 is 0 Å². The highest BCUT2D eigenvalue weighted by Crippen LogP contribution is 2.32. The van der Waals surface area contributed by atoms with Crippen LogP contribution in [0, 0.1) is 17.2 Å². The number of benzene rings is 2. The molecule has 186 valence electrons. The minimum atomic E-state index is -0.143. The van der Waals surface area contributed by atoms with Crippen LogP contribution in [-0.4, -0.2) is 33.3 Å². The fourth-order valence-corrected chi connectivity index (χ4v) is 5.84. The van der Waals surface area contributed by atoms with Crippen molar-refractivity contribution in [3.05, 3.63) is 88.2 Å². The maximum absolute atomic E-state index is 13.0. The average Bonchev–Trinajstić information content (AvgIpc) is 3.50. The van der Waals surface area contributed by atoms with Gasteiger partial charge in [0, 0.05) is 28.2 Å². The zero-order chi connectivity index (χ0) is 25.2. The smallest absolute Gasteiger partial charge is 0.257 e. The summed E-state index contributed by atoms with van der Waals surface area (Å²) < 4.78 is 1.85. The highest BCUT2D eigenvalue weighted by Gasteiger charge is 2.26. The molecule has 1 amide bonds. The Morgan fingerprint density at radius 2 is 2.00 bits per heavy atom. The number of hydrogen-bond acceptors (Lipinski definition) is 6. The van der Waals surface area contributed by atoms with E-state index in [0.29, 0.717) is 28.8 Å². The van der Waals surface area contributed by atoms with Crippen molar-refractivity contribution in [2.45, 2.75) is 44.7 Å². The topological polar surface area (TPSA) is 95.6 Å². The number of anilines is 1. The van der Waals surface area contributed by atoms with Gasteiger partial charge in [-0.3, -0.25) is 14.8 Å². The van der Waals surface area contributed by atoms with Crippen LogP contribution in [-0.2, 0) is 19.4 Å². The van der Waals surface area contributed by atoms with Gasteiger partial charge in [-0.25, -0.2) is 4.98 Å². The molecule has 37 heavy (non-hydrogen) atoms. The van der Waals surface area contributed by atoms with Crippen LogP contribution in [0.4, 0.5) is 5.13 Å². The second-order valence-electron chi connectivity index (χ2n) is 9.95. The second-order valence-corrected chi connectivity index (χ2v) is 11.0. The van der Waals surface area contributed by atoms with Gasteiger partial charge >= 0.3 is 0 Å². The van der Waals surface area contributed by atoms with E-state index in [0.717, 1.165) is 54.1 Å². The first kappa shape index (κ1) is 23.6. The Hall–Kier alpha value is -3.80. The number of aromatic nitrogens is 3. The summed E-state index contributed by atoms with van der Waals surface area (Å²) in [5.41, 5.74) is 5.36. The zero-order valence-corrected chi connectivity index (χ0v) is 21.3. The Kier molecular flexibility index (Phi) is 6.56. The molecule has 0 radical (unpaired) electrons. The van der Waals surface area contributed by atoms with Crippen LogP contribution < -0.4 is 10.6 Å². The summed E-state index contributed by atoms with van der Waals surface area (Å²) in [6, 6.07) is 17.7. The number of rotatable bonds is 8. The Bertz CT molecular complexity index is 1460. The maximum Gasteiger partial charge on any atom is 0.257 e. The lowest BCUT2D eigenvalue weighted by Crippen LogP contribution is -2.35. The van der Waals surface area contributed by atoms with Crippen LogP contribution in [0.1, 0.15) is 51.3 Å².